The van der Waals surface area contributed by atoms with Gasteiger partial charge in [-0.2, -0.15) is 13.2 Å². The van der Waals surface area contributed by atoms with E-state index in [1.807, 2.05) is 12.1 Å². The molecule has 0 amide bonds. The molecule has 0 N–H and O–H groups in total. The molecule has 0 spiro atoms. The van der Waals surface area contributed by atoms with Crippen molar-refractivity contribution in [2.75, 3.05) is 13.2 Å². The van der Waals surface area contributed by atoms with Crippen molar-refractivity contribution in [3.8, 4) is 22.8 Å². The molecule has 0 saturated carbocycles. The number of nitrogens with zero attached hydrogens (tertiary/aromatic N) is 1. The Labute approximate surface area is 202 Å². The van der Waals surface area contributed by atoms with E-state index in [4.69, 9.17) is 14.2 Å². The number of halogens is 3. The predicted octanol–water partition coefficient (Wildman–Crippen LogP) is 7.02. The molecule has 0 saturated heterocycles. The van der Waals surface area contributed by atoms with Crippen molar-refractivity contribution < 1.29 is 32.2 Å². The lowest BCUT2D eigenvalue weighted by Crippen LogP contribution is -2.14. The summed E-state index contributed by atoms with van der Waals surface area (Å²) in [7, 11) is 0. The quantitative estimate of drug-likeness (QED) is 0.272. The number of rotatable bonds is 11. The van der Waals surface area contributed by atoms with Crippen LogP contribution in [0.3, 0.4) is 0 Å². The Balaban J connectivity index is 1.74. The molecule has 35 heavy (non-hydrogen) atoms. The number of benzene rings is 2. The first-order chi connectivity index (χ1) is 16.8. The van der Waals surface area contributed by atoms with Gasteiger partial charge in [0.05, 0.1) is 23.6 Å². The largest absolute Gasteiger partial charge is 0.484 e. The SMILES string of the molecule is CCCCC(Oc1ccc(OCC(=O)OCC)cc1)c1cccc(-c2ccc(C(F)(F)F)cc2)n1. The number of carbonyl (C=O) groups excluding carboxylic acids is 1. The van der Waals surface area contributed by atoms with Gasteiger partial charge in [0.1, 0.15) is 17.6 Å². The Morgan fingerprint density at radius 2 is 1.63 bits per heavy atom. The minimum Gasteiger partial charge on any atom is -0.484 e. The zero-order valence-electron chi connectivity index (χ0n) is 19.7. The lowest BCUT2D eigenvalue weighted by molar-refractivity contribution is -0.145. The zero-order chi connectivity index (χ0) is 25.3. The number of hydrogen-bond acceptors (Lipinski definition) is 5. The van der Waals surface area contributed by atoms with E-state index >= 15 is 0 Å². The van der Waals surface area contributed by atoms with Gasteiger partial charge < -0.3 is 14.2 Å². The van der Waals surface area contributed by atoms with E-state index in [1.165, 1.54) is 12.1 Å². The summed E-state index contributed by atoms with van der Waals surface area (Å²) >= 11 is 0. The van der Waals surface area contributed by atoms with Crippen LogP contribution < -0.4 is 9.47 Å². The van der Waals surface area contributed by atoms with Crippen LogP contribution in [0, 0.1) is 0 Å². The summed E-state index contributed by atoms with van der Waals surface area (Å²) in [5.74, 6) is 0.681. The summed E-state index contributed by atoms with van der Waals surface area (Å²) in [6, 6.07) is 17.3. The summed E-state index contributed by atoms with van der Waals surface area (Å²) < 4.78 is 55.1. The average molecular weight is 488 g/mol. The van der Waals surface area contributed by atoms with Crippen LogP contribution in [0.2, 0.25) is 0 Å². The Hall–Kier alpha value is -3.55. The molecule has 0 bridgehead atoms. The number of aromatic nitrogens is 1. The fourth-order valence-corrected chi connectivity index (χ4v) is 3.40. The number of unbranched alkanes of at least 4 members (excludes halogenated alkanes) is 1. The van der Waals surface area contributed by atoms with E-state index in [-0.39, 0.29) is 12.7 Å². The Bertz CT molecular complexity index is 1080. The third kappa shape index (κ3) is 7.73. The highest BCUT2D eigenvalue weighted by Crippen LogP contribution is 2.32. The molecule has 0 radical (unpaired) electrons. The van der Waals surface area contributed by atoms with Crippen LogP contribution in [0.4, 0.5) is 13.2 Å². The number of esters is 1. The average Bonchev–Trinajstić information content (AvgIpc) is 2.86. The predicted molar refractivity (Wildman–Crippen MR) is 126 cm³/mol. The van der Waals surface area contributed by atoms with Crippen molar-refractivity contribution in [3.05, 3.63) is 78.0 Å². The molecule has 5 nitrogen and oxygen atoms in total. The van der Waals surface area contributed by atoms with Gasteiger partial charge in [-0.05, 0) is 68.3 Å². The van der Waals surface area contributed by atoms with E-state index in [0.717, 1.165) is 31.4 Å². The van der Waals surface area contributed by atoms with E-state index in [9.17, 15) is 18.0 Å². The second kappa shape index (κ2) is 12.2. The summed E-state index contributed by atoms with van der Waals surface area (Å²) in [6.07, 6.45) is -2.11. The molecule has 1 atom stereocenters. The molecule has 1 aromatic heterocycles. The molecule has 1 unspecified atom stereocenters. The maximum Gasteiger partial charge on any atom is 0.416 e. The molecule has 8 heteroatoms. The first-order valence-corrected chi connectivity index (χ1v) is 11.5. The lowest BCUT2D eigenvalue weighted by Gasteiger charge is -2.20. The van der Waals surface area contributed by atoms with Crippen molar-refractivity contribution in [1.29, 1.82) is 0 Å². The number of pyridine rings is 1. The van der Waals surface area contributed by atoms with Crippen LogP contribution in [0.1, 0.15) is 50.5 Å². The van der Waals surface area contributed by atoms with E-state index in [2.05, 4.69) is 11.9 Å². The number of hydrogen-bond donors (Lipinski definition) is 0. The maximum absolute atomic E-state index is 12.9. The van der Waals surface area contributed by atoms with Gasteiger partial charge in [-0.25, -0.2) is 9.78 Å². The molecule has 3 aromatic rings. The highest BCUT2D eigenvalue weighted by molar-refractivity contribution is 5.71. The van der Waals surface area contributed by atoms with E-state index in [0.29, 0.717) is 35.1 Å². The minimum absolute atomic E-state index is 0.173. The third-order valence-electron chi connectivity index (χ3n) is 5.19. The van der Waals surface area contributed by atoms with Crippen LogP contribution in [0.5, 0.6) is 11.5 Å². The normalized spacial score (nSPS) is 12.1. The number of ether oxygens (including phenoxy) is 3. The topological polar surface area (TPSA) is 57.7 Å². The molecule has 0 aliphatic rings. The van der Waals surface area contributed by atoms with Gasteiger partial charge in [-0.1, -0.05) is 31.5 Å². The molecule has 2 aromatic carbocycles. The molecule has 186 valence electrons. The van der Waals surface area contributed by atoms with Gasteiger partial charge in [0.2, 0.25) is 0 Å². The van der Waals surface area contributed by atoms with Gasteiger partial charge in [-0.3, -0.25) is 0 Å². The summed E-state index contributed by atoms with van der Waals surface area (Å²) in [5, 5.41) is 0. The van der Waals surface area contributed by atoms with Crippen molar-refractivity contribution in [3.63, 3.8) is 0 Å². The molecule has 0 fully saturated rings. The van der Waals surface area contributed by atoms with Crippen LogP contribution in [0.25, 0.3) is 11.3 Å². The standard InChI is InChI=1S/C27H28F3NO4/c1-3-5-9-25(35-22-16-14-21(15-17-22)34-18-26(32)33-4-2)24-8-6-7-23(31-24)19-10-12-20(13-11-19)27(28,29)30/h6-8,10-17,25H,3-5,9,18H2,1-2H3. The van der Waals surface area contributed by atoms with Crippen LogP contribution in [-0.2, 0) is 15.7 Å². The monoisotopic (exact) mass is 487 g/mol. The first-order valence-electron chi connectivity index (χ1n) is 11.5. The summed E-state index contributed by atoms with van der Waals surface area (Å²) in [4.78, 5) is 16.1. The highest BCUT2D eigenvalue weighted by atomic mass is 19.4. The molecule has 3 rings (SSSR count). The second-order valence-corrected chi connectivity index (χ2v) is 7.84. The van der Waals surface area contributed by atoms with Crippen LogP contribution in [0.15, 0.2) is 66.7 Å². The molecule has 0 aliphatic heterocycles. The summed E-state index contributed by atoms with van der Waals surface area (Å²) in [5.41, 5.74) is 1.16. The van der Waals surface area contributed by atoms with Gasteiger partial charge in [0.15, 0.2) is 6.61 Å². The fourth-order valence-electron chi connectivity index (χ4n) is 3.40. The smallest absolute Gasteiger partial charge is 0.416 e. The first kappa shape index (κ1) is 26.1. The van der Waals surface area contributed by atoms with Crippen LogP contribution >= 0.6 is 0 Å². The Morgan fingerprint density at radius 1 is 0.943 bits per heavy atom. The summed E-state index contributed by atoms with van der Waals surface area (Å²) in [6.45, 7) is 3.93. The zero-order valence-corrected chi connectivity index (χ0v) is 19.7. The van der Waals surface area contributed by atoms with Crippen molar-refractivity contribution in [1.82, 2.24) is 4.98 Å². The molecule has 0 aliphatic carbocycles. The van der Waals surface area contributed by atoms with E-state index in [1.54, 1.807) is 37.3 Å². The lowest BCUT2D eigenvalue weighted by atomic mass is 10.1. The van der Waals surface area contributed by atoms with Crippen molar-refractivity contribution in [2.45, 2.75) is 45.4 Å². The van der Waals surface area contributed by atoms with Gasteiger partial charge in [0, 0.05) is 5.56 Å². The molecule has 1 heterocycles. The Kier molecular flexibility index (Phi) is 9.11. The van der Waals surface area contributed by atoms with Gasteiger partial charge >= 0.3 is 12.1 Å². The van der Waals surface area contributed by atoms with Gasteiger partial charge in [0.25, 0.3) is 0 Å². The third-order valence-corrected chi connectivity index (χ3v) is 5.19. The van der Waals surface area contributed by atoms with Crippen molar-refractivity contribution in [2.24, 2.45) is 0 Å². The maximum atomic E-state index is 12.9. The highest BCUT2D eigenvalue weighted by Gasteiger charge is 2.30. The van der Waals surface area contributed by atoms with Crippen molar-refractivity contribution >= 4 is 5.97 Å². The fraction of sp³-hybridized carbons (Fsp3) is 0.333. The molecular weight excluding hydrogens is 459 g/mol. The Morgan fingerprint density at radius 3 is 2.26 bits per heavy atom. The number of carbonyl (C=O) groups is 1. The van der Waals surface area contributed by atoms with E-state index < -0.39 is 17.7 Å². The van der Waals surface area contributed by atoms with Crippen LogP contribution in [-0.4, -0.2) is 24.2 Å². The number of alkyl halides is 3. The van der Waals surface area contributed by atoms with Gasteiger partial charge in [-0.15, -0.1) is 0 Å². The second-order valence-electron chi connectivity index (χ2n) is 7.84. The minimum atomic E-state index is -4.38. The molecular formula is C27H28F3NO4.